The molecule has 1 aromatic rings. The molecular formula is C18H27N3O4. The van der Waals surface area contributed by atoms with E-state index in [1.54, 1.807) is 6.07 Å². The van der Waals surface area contributed by atoms with E-state index < -0.39 is 5.97 Å². The molecule has 7 heteroatoms. The van der Waals surface area contributed by atoms with Crippen molar-refractivity contribution in [3.05, 3.63) is 33.7 Å². The molecule has 0 radical (unpaired) electrons. The summed E-state index contributed by atoms with van der Waals surface area (Å²) in [6, 6.07) is 3.25. The average Bonchev–Trinajstić information content (AvgIpc) is 2.46. The number of nitrogens with one attached hydrogen (secondary N) is 2. The fourth-order valence-electron chi connectivity index (χ4n) is 3.23. The number of hydrogen-bond donors (Lipinski definition) is 3. The van der Waals surface area contributed by atoms with Crippen molar-refractivity contribution in [2.24, 2.45) is 5.92 Å². The smallest absolute Gasteiger partial charge is 0.317 e. The number of amides is 1. The minimum atomic E-state index is -0.837. The molecule has 0 saturated heterocycles. The number of pyridine rings is 1. The van der Waals surface area contributed by atoms with Gasteiger partial charge in [-0.25, -0.2) is 0 Å². The first-order valence-electron chi connectivity index (χ1n) is 8.78. The van der Waals surface area contributed by atoms with Gasteiger partial charge in [0.25, 0.3) is 5.91 Å². The summed E-state index contributed by atoms with van der Waals surface area (Å²) in [5.41, 5.74) is 0.867. The lowest BCUT2D eigenvalue weighted by atomic mass is 9.85. The minimum Gasteiger partial charge on any atom is -0.480 e. The number of carboxylic acids is 1. The Hall–Kier alpha value is -2.15. The van der Waals surface area contributed by atoms with Crippen molar-refractivity contribution in [3.8, 4) is 0 Å². The number of aromatic nitrogens is 1. The Kier molecular flexibility index (Phi) is 6.36. The molecule has 0 atom stereocenters. The molecule has 1 aromatic heterocycles. The number of rotatable bonds is 8. The number of aromatic amines is 1. The van der Waals surface area contributed by atoms with Crippen LogP contribution in [-0.4, -0.2) is 52.0 Å². The minimum absolute atomic E-state index is 0.0215. The standard InChI is InChI=1S/C18H27N3O4/c1-4-21(10-17(23)24)15-8-14(9-15)20-18(25)12-6-13(5-11(2)3)19-16(22)7-12/h6-7,11,14-15H,4-5,8-10H2,1-3H3,(H,19,22)(H,20,25)(H,23,24). The van der Waals surface area contributed by atoms with Gasteiger partial charge in [-0.05, 0) is 37.8 Å². The molecule has 1 aliphatic rings. The normalized spacial score (nSPS) is 19.7. The summed E-state index contributed by atoms with van der Waals surface area (Å²) in [5, 5.41) is 11.9. The van der Waals surface area contributed by atoms with Gasteiger partial charge in [0, 0.05) is 29.4 Å². The van der Waals surface area contributed by atoms with Crippen molar-refractivity contribution in [3.63, 3.8) is 0 Å². The highest BCUT2D eigenvalue weighted by Crippen LogP contribution is 2.25. The van der Waals surface area contributed by atoms with E-state index in [2.05, 4.69) is 24.1 Å². The number of hydrogen-bond acceptors (Lipinski definition) is 4. The Morgan fingerprint density at radius 3 is 2.60 bits per heavy atom. The van der Waals surface area contributed by atoms with E-state index in [0.29, 0.717) is 24.4 Å². The zero-order valence-corrected chi connectivity index (χ0v) is 15.0. The molecule has 1 fully saturated rings. The fourth-order valence-corrected chi connectivity index (χ4v) is 3.23. The van der Waals surface area contributed by atoms with Gasteiger partial charge in [-0.1, -0.05) is 20.8 Å². The highest BCUT2D eigenvalue weighted by Gasteiger charge is 2.34. The van der Waals surface area contributed by atoms with E-state index in [0.717, 1.165) is 18.5 Å². The molecule has 7 nitrogen and oxygen atoms in total. The second-order valence-electron chi connectivity index (χ2n) is 7.11. The van der Waals surface area contributed by atoms with Gasteiger partial charge < -0.3 is 15.4 Å². The molecule has 2 rings (SSSR count). The van der Waals surface area contributed by atoms with E-state index in [4.69, 9.17) is 5.11 Å². The summed E-state index contributed by atoms with van der Waals surface area (Å²) >= 11 is 0. The summed E-state index contributed by atoms with van der Waals surface area (Å²) in [6.07, 6.45) is 2.17. The second kappa shape index (κ2) is 8.29. The molecule has 25 heavy (non-hydrogen) atoms. The van der Waals surface area contributed by atoms with Gasteiger partial charge in [-0.15, -0.1) is 0 Å². The Morgan fingerprint density at radius 2 is 2.04 bits per heavy atom. The van der Waals surface area contributed by atoms with Gasteiger partial charge in [0.15, 0.2) is 0 Å². The number of H-pyrrole nitrogens is 1. The van der Waals surface area contributed by atoms with Gasteiger partial charge in [-0.2, -0.15) is 0 Å². The van der Waals surface area contributed by atoms with Crippen molar-refractivity contribution in [2.45, 2.75) is 52.1 Å². The third-order valence-electron chi connectivity index (χ3n) is 4.50. The molecule has 1 saturated carbocycles. The SMILES string of the molecule is CCN(CC(=O)O)C1CC(NC(=O)c2cc(CC(C)C)[nH]c(=O)c2)C1. The summed E-state index contributed by atoms with van der Waals surface area (Å²) in [6.45, 7) is 6.73. The lowest BCUT2D eigenvalue weighted by Crippen LogP contribution is -2.54. The first-order valence-corrected chi connectivity index (χ1v) is 8.78. The highest BCUT2D eigenvalue weighted by molar-refractivity contribution is 5.94. The monoisotopic (exact) mass is 349 g/mol. The zero-order valence-electron chi connectivity index (χ0n) is 15.0. The van der Waals surface area contributed by atoms with Crippen LogP contribution >= 0.6 is 0 Å². The number of nitrogens with zero attached hydrogens (tertiary/aromatic N) is 1. The number of carboxylic acid groups (broad SMARTS) is 1. The van der Waals surface area contributed by atoms with Gasteiger partial charge in [0.2, 0.25) is 5.56 Å². The topological polar surface area (TPSA) is 102 Å². The highest BCUT2D eigenvalue weighted by atomic mass is 16.4. The molecule has 0 unspecified atom stereocenters. The molecule has 0 spiro atoms. The molecule has 1 amide bonds. The van der Waals surface area contributed by atoms with E-state index in [9.17, 15) is 14.4 Å². The van der Waals surface area contributed by atoms with Crippen LogP contribution in [0.4, 0.5) is 0 Å². The molecule has 138 valence electrons. The van der Waals surface area contributed by atoms with Crippen molar-refractivity contribution < 1.29 is 14.7 Å². The maximum Gasteiger partial charge on any atom is 0.317 e. The van der Waals surface area contributed by atoms with Crippen LogP contribution < -0.4 is 10.9 Å². The van der Waals surface area contributed by atoms with Crippen LogP contribution in [-0.2, 0) is 11.2 Å². The average molecular weight is 349 g/mol. The van der Waals surface area contributed by atoms with E-state index in [1.165, 1.54) is 6.07 Å². The molecule has 3 N–H and O–H groups in total. The largest absolute Gasteiger partial charge is 0.480 e. The first kappa shape index (κ1) is 19.2. The molecule has 0 bridgehead atoms. The number of carbonyl (C=O) groups excluding carboxylic acids is 1. The summed E-state index contributed by atoms with van der Waals surface area (Å²) in [4.78, 5) is 39.7. The lowest BCUT2D eigenvalue weighted by Gasteiger charge is -2.42. The molecule has 1 heterocycles. The number of aliphatic carboxylic acids is 1. The van der Waals surface area contributed by atoms with Crippen LogP contribution in [0.5, 0.6) is 0 Å². The fraction of sp³-hybridized carbons (Fsp3) is 0.611. The summed E-state index contributed by atoms with van der Waals surface area (Å²) in [7, 11) is 0. The van der Waals surface area contributed by atoms with Crippen LogP contribution in [0.25, 0.3) is 0 Å². The Labute approximate surface area is 147 Å². The van der Waals surface area contributed by atoms with Gasteiger partial charge in [0.05, 0.1) is 6.54 Å². The van der Waals surface area contributed by atoms with Crippen molar-refractivity contribution in [1.29, 1.82) is 0 Å². The van der Waals surface area contributed by atoms with Crippen LogP contribution in [0.15, 0.2) is 16.9 Å². The number of carbonyl (C=O) groups is 2. The third kappa shape index (κ3) is 5.42. The van der Waals surface area contributed by atoms with E-state index in [-0.39, 0.29) is 30.1 Å². The zero-order chi connectivity index (χ0) is 18.6. The molecular weight excluding hydrogens is 322 g/mol. The second-order valence-corrected chi connectivity index (χ2v) is 7.11. The summed E-state index contributed by atoms with van der Waals surface area (Å²) < 4.78 is 0. The summed E-state index contributed by atoms with van der Waals surface area (Å²) in [5.74, 6) is -0.702. The van der Waals surface area contributed by atoms with Crippen molar-refractivity contribution in [1.82, 2.24) is 15.2 Å². The first-order chi connectivity index (χ1) is 11.8. The van der Waals surface area contributed by atoms with Crippen LogP contribution in [0.2, 0.25) is 0 Å². The lowest BCUT2D eigenvalue weighted by molar-refractivity contribution is -0.139. The number of likely N-dealkylation sites (N-methyl/N-ethyl adjacent to an activating group) is 1. The predicted molar refractivity (Wildman–Crippen MR) is 94.8 cm³/mol. The van der Waals surface area contributed by atoms with Crippen molar-refractivity contribution in [2.75, 3.05) is 13.1 Å². The van der Waals surface area contributed by atoms with E-state index in [1.807, 2.05) is 11.8 Å². The van der Waals surface area contributed by atoms with Gasteiger partial charge in [-0.3, -0.25) is 19.3 Å². The van der Waals surface area contributed by atoms with Crippen LogP contribution in [0.3, 0.4) is 0 Å². The van der Waals surface area contributed by atoms with Crippen LogP contribution in [0, 0.1) is 5.92 Å². The quantitative estimate of drug-likeness (QED) is 0.655. The van der Waals surface area contributed by atoms with Crippen LogP contribution in [0.1, 0.15) is 49.7 Å². The van der Waals surface area contributed by atoms with Crippen molar-refractivity contribution >= 4 is 11.9 Å². The molecule has 1 aliphatic carbocycles. The maximum absolute atomic E-state index is 12.4. The molecule has 0 aliphatic heterocycles. The predicted octanol–water partition coefficient (Wildman–Crippen LogP) is 1.24. The maximum atomic E-state index is 12.4. The Balaban J connectivity index is 1.92. The van der Waals surface area contributed by atoms with Gasteiger partial charge >= 0.3 is 5.97 Å². The Morgan fingerprint density at radius 1 is 1.36 bits per heavy atom. The van der Waals surface area contributed by atoms with E-state index >= 15 is 0 Å². The molecule has 0 aromatic carbocycles. The van der Waals surface area contributed by atoms with Gasteiger partial charge in [0.1, 0.15) is 0 Å². The Bertz CT molecular complexity index is 677. The third-order valence-corrected chi connectivity index (χ3v) is 4.50.